The summed E-state index contributed by atoms with van der Waals surface area (Å²) in [4.78, 5) is 13.8. The van der Waals surface area contributed by atoms with Crippen LogP contribution in [0.25, 0.3) is 10.8 Å². The van der Waals surface area contributed by atoms with E-state index in [9.17, 15) is 4.79 Å². The van der Waals surface area contributed by atoms with Crippen molar-refractivity contribution in [2.45, 2.75) is 32.2 Å². The Morgan fingerprint density at radius 1 is 1.05 bits per heavy atom. The number of nitrogens with one attached hydrogen (secondary N) is 2. The molecule has 1 heterocycles. The highest BCUT2D eigenvalue weighted by Gasteiger charge is 2.26. The Kier molecular flexibility index (Phi) is 4.20. The average molecular weight is 283 g/mol. The third-order valence-corrected chi connectivity index (χ3v) is 4.52. The number of hydrogen-bond acceptors (Lipinski definition) is 1. The van der Waals surface area contributed by atoms with Gasteiger partial charge in [-0.1, -0.05) is 30.3 Å². The summed E-state index contributed by atoms with van der Waals surface area (Å²) in [6.07, 6.45) is 3.79. The lowest BCUT2D eigenvalue weighted by Crippen LogP contribution is -3.17. The Bertz CT molecular complexity index is 632. The van der Waals surface area contributed by atoms with Gasteiger partial charge in [-0.3, -0.25) is 4.79 Å². The molecule has 0 radical (unpaired) electrons. The van der Waals surface area contributed by atoms with Gasteiger partial charge in [0.1, 0.15) is 0 Å². The van der Waals surface area contributed by atoms with Crippen LogP contribution in [0.4, 0.5) is 5.69 Å². The molecule has 1 saturated heterocycles. The first kappa shape index (κ1) is 14.1. The summed E-state index contributed by atoms with van der Waals surface area (Å²) in [6, 6.07) is 14.3. The minimum absolute atomic E-state index is 0.0248. The number of fused-ring (bicyclic) bond motifs is 1. The zero-order valence-electron chi connectivity index (χ0n) is 12.6. The van der Waals surface area contributed by atoms with Crippen LogP contribution in [0.2, 0.25) is 0 Å². The predicted molar refractivity (Wildman–Crippen MR) is 86.6 cm³/mol. The van der Waals surface area contributed by atoms with Crippen molar-refractivity contribution >= 4 is 22.4 Å². The van der Waals surface area contributed by atoms with Gasteiger partial charge in [0.25, 0.3) is 5.91 Å². The molecule has 3 nitrogen and oxygen atoms in total. The van der Waals surface area contributed by atoms with Gasteiger partial charge in [0, 0.05) is 5.69 Å². The number of rotatable bonds is 3. The van der Waals surface area contributed by atoms with E-state index in [0.717, 1.165) is 24.2 Å². The van der Waals surface area contributed by atoms with E-state index in [-0.39, 0.29) is 11.9 Å². The summed E-state index contributed by atoms with van der Waals surface area (Å²) in [5, 5.41) is 5.43. The van der Waals surface area contributed by atoms with Crippen LogP contribution >= 0.6 is 0 Å². The second-order valence-electron chi connectivity index (χ2n) is 5.99. The molecule has 1 atom stereocenters. The molecule has 0 aliphatic carbocycles. The Labute approximate surface area is 125 Å². The van der Waals surface area contributed by atoms with E-state index in [1.54, 1.807) is 0 Å². The van der Waals surface area contributed by atoms with Gasteiger partial charge in [-0.25, -0.2) is 0 Å². The van der Waals surface area contributed by atoms with Crippen molar-refractivity contribution in [1.82, 2.24) is 0 Å². The molecule has 1 aliphatic rings. The molecule has 21 heavy (non-hydrogen) atoms. The standard InChI is InChI=1S/C18H22N2O/c1-14(20-11-5-2-6-12-20)18(21)19-17-10-9-15-7-3-4-8-16(15)13-17/h3-4,7-10,13-14H,2,5-6,11-12H2,1H3,(H,19,21)/p+1/t14-/m1/s1. The highest BCUT2D eigenvalue weighted by molar-refractivity contribution is 5.96. The molecule has 110 valence electrons. The molecule has 1 fully saturated rings. The molecule has 0 bridgehead atoms. The van der Waals surface area contributed by atoms with E-state index >= 15 is 0 Å². The van der Waals surface area contributed by atoms with Gasteiger partial charge in [0.2, 0.25) is 0 Å². The van der Waals surface area contributed by atoms with Crippen molar-refractivity contribution < 1.29 is 9.69 Å². The fourth-order valence-electron chi connectivity index (χ4n) is 3.14. The first-order valence-corrected chi connectivity index (χ1v) is 7.88. The highest BCUT2D eigenvalue weighted by atomic mass is 16.2. The van der Waals surface area contributed by atoms with E-state index in [4.69, 9.17) is 0 Å². The summed E-state index contributed by atoms with van der Waals surface area (Å²) in [5.74, 6) is 0.127. The lowest BCUT2D eigenvalue weighted by atomic mass is 10.1. The summed E-state index contributed by atoms with van der Waals surface area (Å²) < 4.78 is 0. The minimum Gasteiger partial charge on any atom is -0.325 e. The van der Waals surface area contributed by atoms with Gasteiger partial charge < -0.3 is 10.2 Å². The van der Waals surface area contributed by atoms with E-state index < -0.39 is 0 Å². The zero-order chi connectivity index (χ0) is 14.7. The topological polar surface area (TPSA) is 33.5 Å². The van der Waals surface area contributed by atoms with Crippen LogP contribution in [0.5, 0.6) is 0 Å². The Balaban J connectivity index is 1.70. The number of hydrogen-bond donors (Lipinski definition) is 2. The van der Waals surface area contributed by atoms with Gasteiger partial charge >= 0.3 is 0 Å². The third kappa shape index (κ3) is 3.24. The lowest BCUT2D eigenvalue weighted by Gasteiger charge is -2.28. The molecule has 3 rings (SSSR count). The second-order valence-corrected chi connectivity index (χ2v) is 5.99. The second kappa shape index (κ2) is 6.27. The van der Waals surface area contributed by atoms with Crippen molar-refractivity contribution in [2.75, 3.05) is 18.4 Å². The zero-order valence-corrected chi connectivity index (χ0v) is 12.6. The van der Waals surface area contributed by atoms with Crippen molar-refractivity contribution in [3.63, 3.8) is 0 Å². The van der Waals surface area contributed by atoms with Crippen LogP contribution in [-0.2, 0) is 4.79 Å². The number of carbonyl (C=O) groups excluding carboxylic acids is 1. The monoisotopic (exact) mass is 283 g/mol. The van der Waals surface area contributed by atoms with Gasteiger partial charge in [-0.2, -0.15) is 0 Å². The van der Waals surface area contributed by atoms with E-state index in [1.165, 1.54) is 29.5 Å². The summed E-state index contributed by atoms with van der Waals surface area (Å²) in [5.41, 5.74) is 0.891. The SMILES string of the molecule is C[C@H](C(=O)Nc1ccc2ccccc2c1)[NH+]1CCCCC1. The maximum atomic E-state index is 12.4. The maximum Gasteiger partial charge on any atom is 0.282 e. The van der Waals surface area contributed by atoms with Gasteiger partial charge in [-0.15, -0.1) is 0 Å². The predicted octanol–water partition coefficient (Wildman–Crippen LogP) is 2.24. The quantitative estimate of drug-likeness (QED) is 0.890. The molecule has 1 amide bonds. The molecule has 0 spiro atoms. The Morgan fingerprint density at radius 2 is 1.76 bits per heavy atom. The van der Waals surface area contributed by atoms with E-state index in [1.807, 2.05) is 31.2 Å². The fraction of sp³-hybridized carbons (Fsp3) is 0.389. The largest absolute Gasteiger partial charge is 0.325 e. The first-order valence-electron chi connectivity index (χ1n) is 7.88. The van der Waals surface area contributed by atoms with Crippen LogP contribution < -0.4 is 10.2 Å². The molecule has 2 aromatic rings. The van der Waals surface area contributed by atoms with Crippen molar-refractivity contribution in [2.24, 2.45) is 0 Å². The van der Waals surface area contributed by atoms with Gasteiger partial charge in [0.15, 0.2) is 6.04 Å². The number of quaternary nitrogens is 1. The highest BCUT2D eigenvalue weighted by Crippen LogP contribution is 2.18. The van der Waals surface area contributed by atoms with Crippen LogP contribution in [0.1, 0.15) is 26.2 Å². The molecule has 3 heteroatoms. The van der Waals surface area contributed by atoms with E-state index in [0.29, 0.717) is 0 Å². The molecule has 1 aliphatic heterocycles. The molecular weight excluding hydrogens is 260 g/mol. The molecular formula is C18H23N2O+. The molecule has 0 saturated carbocycles. The number of piperidine rings is 1. The van der Waals surface area contributed by atoms with Crippen molar-refractivity contribution in [3.8, 4) is 0 Å². The van der Waals surface area contributed by atoms with Crippen molar-refractivity contribution in [1.29, 1.82) is 0 Å². The summed E-state index contributed by atoms with van der Waals surface area (Å²) in [6.45, 7) is 4.27. The summed E-state index contributed by atoms with van der Waals surface area (Å²) in [7, 11) is 0. The van der Waals surface area contributed by atoms with Crippen LogP contribution in [0, 0.1) is 0 Å². The Hall–Kier alpha value is -1.87. The van der Waals surface area contributed by atoms with Gasteiger partial charge in [0.05, 0.1) is 13.1 Å². The Morgan fingerprint density at radius 3 is 2.52 bits per heavy atom. The average Bonchev–Trinajstić information content (AvgIpc) is 2.55. The first-order chi connectivity index (χ1) is 10.2. The smallest absolute Gasteiger partial charge is 0.282 e. The van der Waals surface area contributed by atoms with E-state index in [2.05, 4.69) is 23.5 Å². The molecule has 2 N–H and O–H groups in total. The van der Waals surface area contributed by atoms with Crippen molar-refractivity contribution in [3.05, 3.63) is 42.5 Å². The third-order valence-electron chi connectivity index (χ3n) is 4.52. The number of amides is 1. The molecule has 0 unspecified atom stereocenters. The van der Waals surface area contributed by atoms with Crippen LogP contribution in [-0.4, -0.2) is 25.0 Å². The minimum atomic E-state index is 0.0248. The molecule has 0 aromatic heterocycles. The van der Waals surface area contributed by atoms with Crippen LogP contribution in [0.15, 0.2) is 42.5 Å². The lowest BCUT2D eigenvalue weighted by molar-refractivity contribution is -0.918. The number of anilines is 1. The number of carbonyl (C=O) groups is 1. The molecule has 2 aromatic carbocycles. The number of likely N-dealkylation sites (tertiary alicyclic amines) is 1. The normalized spacial score (nSPS) is 17.6. The maximum absolute atomic E-state index is 12.4. The number of benzene rings is 2. The fourth-order valence-corrected chi connectivity index (χ4v) is 3.14. The summed E-state index contributed by atoms with van der Waals surface area (Å²) >= 11 is 0. The van der Waals surface area contributed by atoms with Gasteiger partial charge in [-0.05, 0) is 49.1 Å². The van der Waals surface area contributed by atoms with Crippen LogP contribution in [0.3, 0.4) is 0 Å².